The van der Waals surface area contributed by atoms with E-state index in [0.29, 0.717) is 39.6 Å². The van der Waals surface area contributed by atoms with E-state index in [-0.39, 0.29) is 11.6 Å². The molecule has 0 aromatic heterocycles. The quantitative estimate of drug-likeness (QED) is 0.499. The van der Waals surface area contributed by atoms with Gasteiger partial charge in [-0.3, -0.25) is 0 Å². The van der Waals surface area contributed by atoms with Gasteiger partial charge in [0, 0.05) is 19.2 Å². The zero-order valence-electron chi connectivity index (χ0n) is 14.6. The second kappa shape index (κ2) is 13.5. The van der Waals surface area contributed by atoms with Crippen molar-refractivity contribution in [1.82, 2.24) is 5.32 Å². The first-order valence-corrected chi connectivity index (χ1v) is 8.00. The van der Waals surface area contributed by atoms with Gasteiger partial charge >= 0.3 is 0 Å². The molecule has 5 heteroatoms. The minimum atomic E-state index is 0.130. The Bertz CT molecular complexity index is 219. The molecule has 1 N–H and O–H groups in total. The molecule has 128 valence electrons. The zero-order chi connectivity index (χ0) is 16.0. The number of hydrogen-bond donors (Lipinski definition) is 1. The minimum Gasteiger partial charge on any atom is -0.382 e. The van der Waals surface area contributed by atoms with Gasteiger partial charge in [-0.05, 0) is 27.2 Å². The number of rotatable bonds is 14. The average Bonchev–Trinajstić information content (AvgIpc) is 2.42. The zero-order valence-corrected chi connectivity index (χ0v) is 14.6. The molecule has 0 saturated carbocycles. The lowest BCUT2D eigenvalue weighted by Crippen LogP contribution is -2.41. The van der Waals surface area contributed by atoms with Gasteiger partial charge in [-0.15, -0.1) is 0 Å². The van der Waals surface area contributed by atoms with Crippen molar-refractivity contribution >= 4 is 0 Å². The highest BCUT2D eigenvalue weighted by Gasteiger charge is 2.13. The highest BCUT2D eigenvalue weighted by atomic mass is 16.6. The van der Waals surface area contributed by atoms with Gasteiger partial charge in [-0.2, -0.15) is 0 Å². The summed E-state index contributed by atoms with van der Waals surface area (Å²) in [5.74, 6) is 0. The molecule has 0 aromatic carbocycles. The Hall–Kier alpha value is -0.200. The molecule has 0 radical (unpaired) electrons. The van der Waals surface area contributed by atoms with E-state index in [1.54, 1.807) is 7.11 Å². The van der Waals surface area contributed by atoms with Crippen LogP contribution in [0, 0.1) is 0 Å². The van der Waals surface area contributed by atoms with Crippen LogP contribution in [-0.4, -0.2) is 64.9 Å². The van der Waals surface area contributed by atoms with Crippen molar-refractivity contribution in [2.45, 2.75) is 52.2 Å². The molecule has 0 fully saturated rings. The fraction of sp³-hybridized carbons (Fsp3) is 1.00. The lowest BCUT2D eigenvalue weighted by Gasteiger charge is -2.25. The first-order chi connectivity index (χ1) is 9.99. The number of hydrogen-bond acceptors (Lipinski definition) is 5. The van der Waals surface area contributed by atoms with Crippen molar-refractivity contribution in [3.63, 3.8) is 0 Å². The van der Waals surface area contributed by atoms with Gasteiger partial charge < -0.3 is 24.3 Å². The van der Waals surface area contributed by atoms with Crippen LogP contribution >= 0.6 is 0 Å². The molecule has 0 spiro atoms. The molecule has 0 heterocycles. The average molecular weight is 305 g/mol. The molecule has 0 aliphatic carbocycles. The Labute approximate surface area is 130 Å². The summed E-state index contributed by atoms with van der Waals surface area (Å²) in [6.07, 6.45) is 2.46. The van der Waals surface area contributed by atoms with Crippen molar-refractivity contribution < 1.29 is 18.9 Å². The summed E-state index contributed by atoms with van der Waals surface area (Å²) in [5.41, 5.74) is 0.130. The van der Waals surface area contributed by atoms with Crippen LogP contribution in [0.1, 0.15) is 40.5 Å². The third-order valence-electron chi connectivity index (χ3n) is 2.86. The maximum absolute atomic E-state index is 5.87. The van der Waals surface area contributed by atoms with Crippen LogP contribution in [0.25, 0.3) is 0 Å². The topological polar surface area (TPSA) is 49.0 Å². The highest BCUT2D eigenvalue weighted by Crippen LogP contribution is 2.05. The third kappa shape index (κ3) is 16.0. The van der Waals surface area contributed by atoms with Crippen LogP contribution in [0.2, 0.25) is 0 Å². The molecule has 0 saturated heterocycles. The summed E-state index contributed by atoms with van der Waals surface area (Å²) in [6.45, 7) is 13.3. The molecule has 21 heavy (non-hydrogen) atoms. The van der Waals surface area contributed by atoms with Crippen molar-refractivity contribution in [3.05, 3.63) is 0 Å². The van der Waals surface area contributed by atoms with Gasteiger partial charge in [0.15, 0.2) is 0 Å². The Morgan fingerprint density at radius 3 is 2.00 bits per heavy atom. The van der Waals surface area contributed by atoms with Crippen LogP contribution in [-0.2, 0) is 18.9 Å². The summed E-state index contributed by atoms with van der Waals surface area (Å²) in [7, 11) is 1.67. The van der Waals surface area contributed by atoms with E-state index in [1.807, 2.05) is 0 Å². The van der Waals surface area contributed by atoms with E-state index in [0.717, 1.165) is 19.4 Å². The van der Waals surface area contributed by atoms with Gasteiger partial charge in [0.2, 0.25) is 0 Å². The van der Waals surface area contributed by atoms with Gasteiger partial charge in [0.05, 0.1) is 45.7 Å². The lowest BCUT2D eigenvalue weighted by molar-refractivity contribution is -0.0191. The van der Waals surface area contributed by atoms with E-state index in [1.165, 1.54) is 0 Å². The monoisotopic (exact) mass is 305 g/mol. The standard InChI is InChI=1S/C16H35NO4/c1-6-7-15(14-17-16(2,3)4)21-13-12-20-11-10-19-9-8-18-5/h15,17H,6-14H2,1-5H3. The second-order valence-corrected chi connectivity index (χ2v) is 6.13. The van der Waals surface area contributed by atoms with E-state index in [9.17, 15) is 0 Å². The van der Waals surface area contributed by atoms with E-state index >= 15 is 0 Å². The normalized spacial score (nSPS) is 13.6. The van der Waals surface area contributed by atoms with Crippen molar-refractivity contribution in [2.24, 2.45) is 0 Å². The number of ether oxygens (including phenoxy) is 4. The Morgan fingerprint density at radius 1 is 0.905 bits per heavy atom. The first kappa shape index (κ1) is 20.8. The molecular weight excluding hydrogens is 270 g/mol. The summed E-state index contributed by atoms with van der Waals surface area (Å²) >= 11 is 0. The largest absolute Gasteiger partial charge is 0.382 e. The summed E-state index contributed by atoms with van der Waals surface area (Å²) in [6, 6.07) is 0. The van der Waals surface area contributed by atoms with E-state index in [2.05, 4.69) is 33.0 Å². The maximum Gasteiger partial charge on any atom is 0.0704 e. The Morgan fingerprint density at radius 2 is 1.48 bits per heavy atom. The first-order valence-electron chi connectivity index (χ1n) is 8.00. The predicted molar refractivity (Wildman–Crippen MR) is 85.9 cm³/mol. The summed E-state index contributed by atoms with van der Waals surface area (Å²) < 4.78 is 21.6. The fourth-order valence-corrected chi connectivity index (χ4v) is 1.72. The van der Waals surface area contributed by atoms with Gasteiger partial charge in [0.25, 0.3) is 0 Å². The van der Waals surface area contributed by atoms with Crippen LogP contribution in [0.15, 0.2) is 0 Å². The molecule has 1 unspecified atom stereocenters. The predicted octanol–water partition coefficient (Wildman–Crippen LogP) is 2.24. The Balaban J connectivity index is 3.51. The van der Waals surface area contributed by atoms with Gasteiger partial charge in [0.1, 0.15) is 0 Å². The molecule has 0 amide bonds. The van der Waals surface area contributed by atoms with Gasteiger partial charge in [-0.25, -0.2) is 0 Å². The van der Waals surface area contributed by atoms with Crippen molar-refractivity contribution in [3.8, 4) is 0 Å². The molecule has 1 atom stereocenters. The minimum absolute atomic E-state index is 0.130. The van der Waals surface area contributed by atoms with Gasteiger partial charge in [-0.1, -0.05) is 13.3 Å². The smallest absolute Gasteiger partial charge is 0.0704 e. The number of methoxy groups -OCH3 is 1. The van der Waals surface area contributed by atoms with Crippen molar-refractivity contribution in [1.29, 1.82) is 0 Å². The van der Waals surface area contributed by atoms with Crippen LogP contribution in [0.4, 0.5) is 0 Å². The van der Waals surface area contributed by atoms with E-state index < -0.39 is 0 Å². The molecule has 0 aliphatic heterocycles. The number of nitrogens with one attached hydrogen (secondary N) is 1. The molecule has 0 aliphatic rings. The van der Waals surface area contributed by atoms with Crippen LogP contribution in [0.5, 0.6) is 0 Å². The fourth-order valence-electron chi connectivity index (χ4n) is 1.72. The maximum atomic E-state index is 5.87. The molecule has 0 rings (SSSR count). The summed E-state index contributed by atoms with van der Waals surface area (Å²) in [4.78, 5) is 0. The highest BCUT2D eigenvalue weighted by molar-refractivity contribution is 4.73. The lowest BCUT2D eigenvalue weighted by atomic mass is 10.1. The molecule has 0 bridgehead atoms. The Kier molecular flexibility index (Phi) is 13.3. The van der Waals surface area contributed by atoms with Crippen LogP contribution in [0.3, 0.4) is 0 Å². The summed E-state index contributed by atoms with van der Waals surface area (Å²) in [5, 5.41) is 3.49. The molecular formula is C16H35NO4. The SMILES string of the molecule is CCCC(CNC(C)(C)C)OCCOCCOCCOC. The van der Waals surface area contributed by atoms with Crippen LogP contribution < -0.4 is 5.32 Å². The third-order valence-corrected chi connectivity index (χ3v) is 2.86. The van der Waals surface area contributed by atoms with Crippen molar-refractivity contribution in [2.75, 3.05) is 53.3 Å². The van der Waals surface area contributed by atoms with E-state index in [4.69, 9.17) is 18.9 Å². The second-order valence-electron chi connectivity index (χ2n) is 6.13. The molecule has 0 aromatic rings. The molecule has 5 nitrogen and oxygen atoms in total.